The minimum absolute atomic E-state index is 0.537. The molecule has 0 saturated heterocycles. The van der Waals surface area contributed by atoms with Crippen LogP contribution in [0.25, 0.3) is 0 Å². The van der Waals surface area contributed by atoms with Gasteiger partial charge in [0, 0.05) is 22.3 Å². The molecule has 0 N–H and O–H groups in total. The molecule has 0 aromatic heterocycles. The molecular formula is C10H22OS. The number of hydrogen-bond acceptors (Lipinski definition) is 1. The number of hydrogen-bond donors (Lipinski definition) is 0. The van der Waals surface area contributed by atoms with Gasteiger partial charge in [0.1, 0.15) is 0 Å². The number of rotatable bonds is 0. The first kappa shape index (κ1) is 14.4. The van der Waals surface area contributed by atoms with E-state index in [0.29, 0.717) is 0 Å². The molecule has 1 aliphatic rings. The second-order valence-electron chi connectivity index (χ2n) is 2.11. The second kappa shape index (κ2) is 10.9. The number of allylic oxidation sites excluding steroid dienone is 1. The summed E-state index contributed by atoms with van der Waals surface area (Å²) in [7, 11) is -0.537. The second-order valence-corrected chi connectivity index (χ2v) is 3.73. The standard InChI is InChI=1S/C6H10OS.2C2H6/c1-6-2-4-8(7)5-3-6;2*1-2/h2H,3-5H2,1H3;2*1-2H3. The van der Waals surface area contributed by atoms with E-state index in [1.54, 1.807) is 0 Å². The Kier molecular flexibility index (Phi) is 13.1. The Morgan fingerprint density at radius 3 is 2.00 bits per heavy atom. The molecule has 0 aliphatic carbocycles. The summed E-state index contributed by atoms with van der Waals surface area (Å²) >= 11 is 0. The van der Waals surface area contributed by atoms with Gasteiger partial charge in [-0.25, -0.2) is 0 Å². The molecule has 1 rings (SSSR count). The van der Waals surface area contributed by atoms with Crippen molar-refractivity contribution in [2.24, 2.45) is 0 Å². The average molecular weight is 190 g/mol. The molecule has 0 amide bonds. The molecule has 1 aliphatic heterocycles. The normalized spacial score (nSPS) is 20.8. The Bertz CT molecular complexity index is 139. The highest BCUT2D eigenvalue weighted by Crippen LogP contribution is 2.07. The van der Waals surface area contributed by atoms with E-state index < -0.39 is 10.8 Å². The first-order chi connectivity index (χ1) is 5.79. The first-order valence-corrected chi connectivity index (χ1v) is 6.28. The van der Waals surface area contributed by atoms with Gasteiger partial charge in [-0.2, -0.15) is 0 Å². The fourth-order valence-electron chi connectivity index (χ4n) is 0.695. The lowest BCUT2D eigenvalue weighted by molar-refractivity contribution is 0.682. The molecule has 12 heavy (non-hydrogen) atoms. The van der Waals surface area contributed by atoms with E-state index in [0.717, 1.165) is 17.9 Å². The summed E-state index contributed by atoms with van der Waals surface area (Å²) in [5, 5.41) is 0. The van der Waals surface area contributed by atoms with Gasteiger partial charge in [0.15, 0.2) is 0 Å². The maximum Gasteiger partial charge on any atom is 0.0417 e. The molecule has 0 fully saturated rings. The van der Waals surface area contributed by atoms with E-state index in [9.17, 15) is 4.21 Å². The molecule has 0 radical (unpaired) electrons. The van der Waals surface area contributed by atoms with Crippen molar-refractivity contribution in [3.63, 3.8) is 0 Å². The summed E-state index contributed by atoms with van der Waals surface area (Å²) in [5.74, 6) is 1.66. The van der Waals surface area contributed by atoms with Crippen molar-refractivity contribution in [2.45, 2.75) is 41.0 Å². The first-order valence-electron chi connectivity index (χ1n) is 4.79. The molecule has 74 valence electrons. The minimum atomic E-state index is -0.537. The van der Waals surface area contributed by atoms with E-state index in [1.807, 2.05) is 27.7 Å². The molecule has 1 unspecified atom stereocenters. The summed E-state index contributed by atoms with van der Waals surface area (Å²) in [6.45, 7) is 10.1. The van der Waals surface area contributed by atoms with Crippen LogP contribution in [0.3, 0.4) is 0 Å². The molecule has 1 atom stereocenters. The SMILES string of the molecule is CC.CC.CC1=CCS(=O)CC1. The minimum Gasteiger partial charge on any atom is -0.259 e. The fraction of sp³-hybridized carbons (Fsp3) is 0.800. The van der Waals surface area contributed by atoms with Crippen molar-refractivity contribution in [1.29, 1.82) is 0 Å². The lowest BCUT2D eigenvalue weighted by atomic mass is 10.2. The molecule has 0 aromatic carbocycles. The van der Waals surface area contributed by atoms with Gasteiger partial charge in [0.25, 0.3) is 0 Å². The van der Waals surface area contributed by atoms with Crippen LogP contribution in [0, 0.1) is 0 Å². The molecule has 0 aromatic rings. The molecule has 1 heterocycles. The quantitative estimate of drug-likeness (QED) is 0.536. The van der Waals surface area contributed by atoms with Crippen LogP contribution in [0.4, 0.5) is 0 Å². The maximum absolute atomic E-state index is 10.7. The largest absolute Gasteiger partial charge is 0.259 e. The van der Waals surface area contributed by atoms with Gasteiger partial charge in [-0.15, -0.1) is 0 Å². The van der Waals surface area contributed by atoms with Crippen LogP contribution in [0.15, 0.2) is 11.6 Å². The van der Waals surface area contributed by atoms with Crippen LogP contribution >= 0.6 is 0 Å². The third-order valence-corrected chi connectivity index (χ3v) is 2.54. The zero-order valence-electron chi connectivity index (χ0n) is 9.02. The molecule has 0 saturated carbocycles. The topological polar surface area (TPSA) is 17.1 Å². The van der Waals surface area contributed by atoms with Crippen molar-refractivity contribution < 1.29 is 4.21 Å². The van der Waals surface area contributed by atoms with Gasteiger partial charge in [0.2, 0.25) is 0 Å². The van der Waals surface area contributed by atoms with Crippen LogP contribution in [-0.4, -0.2) is 15.7 Å². The summed E-state index contributed by atoms with van der Waals surface area (Å²) in [6.07, 6.45) is 3.10. The third kappa shape index (κ3) is 7.99. The van der Waals surface area contributed by atoms with E-state index >= 15 is 0 Å². The maximum atomic E-state index is 10.7. The van der Waals surface area contributed by atoms with E-state index in [-0.39, 0.29) is 0 Å². The third-order valence-electron chi connectivity index (χ3n) is 1.34. The van der Waals surface area contributed by atoms with Gasteiger partial charge in [0.05, 0.1) is 0 Å². The van der Waals surface area contributed by atoms with Gasteiger partial charge in [-0.1, -0.05) is 39.3 Å². The van der Waals surface area contributed by atoms with Crippen molar-refractivity contribution in [3.8, 4) is 0 Å². The van der Waals surface area contributed by atoms with Crippen molar-refractivity contribution in [2.75, 3.05) is 11.5 Å². The van der Waals surface area contributed by atoms with Crippen molar-refractivity contribution in [3.05, 3.63) is 11.6 Å². The van der Waals surface area contributed by atoms with Crippen molar-refractivity contribution >= 4 is 10.8 Å². The van der Waals surface area contributed by atoms with Gasteiger partial charge in [-0.3, -0.25) is 4.21 Å². The van der Waals surface area contributed by atoms with Gasteiger partial charge in [-0.05, 0) is 13.3 Å². The van der Waals surface area contributed by atoms with Crippen LogP contribution in [0.2, 0.25) is 0 Å². The predicted octanol–water partition coefficient (Wildman–Crippen LogP) is 3.14. The van der Waals surface area contributed by atoms with Gasteiger partial charge >= 0.3 is 0 Å². The summed E-state index contributed by atoms with van der Waals surface area (Å²) in [4.78, 5) is 0. The van der Waals surface area contributed by atoms with Crippen molar-refractivity contribution in [1.82, 2.24) is 0 Å². The molecule has 0 spiro atoms. The predicted molar refractivity (Wildman–Crippen MR) is 58.9 cm³/mol. The zero-order chi connectivity index (χ0) is 9.98. The van der Waals surface area contributed by atoms with E-state index in [4.69, 9.17) is 0 Å². The van der Waals surface area contributed by atoms with Gasteiger partial charge < -0.3 is 0 Å². The summed E-state index contributed by atoms with van der Waals surface area (Å²) < 4.78 is 10.7. The molecule has 2 heteroatoms. The molecule has 1 nitrogen and oxygen atoms in total. The Labute approximate surface area is 79.7 Å². The van der Waals surface area contributed by atoms with E-state index in [1.165, 1.54) is 5.57 Å². The monoisotopic (exact) mass is 190 g/mol. The Morgan fingerprint density at radius 2 is 1.75 bits per heavy atom. The van der Waals surface area contributed by atoms with Crippen LogP contribution < -0.4 is 0 Å². The summed E-state index contributed by atoms with van der Waals surface area (Å²) in [6, 6.07) is 0. The molecule has 0 bridgehead atoms. The fourth-order valence-corrected chi connectivity index (χ4v) is 1.88. The average Bonchev–Trinajstić information content (AvgIpc) is 2.17. The zero-order valence-corrected chi connectivity index (χ0v) is 9.83. The smallest absolute Gasteiger partial charge is 0.0417 e. The highest BCUT2D eigenvalue weighted by atomic mass is 32.2. The van der Waals surface area contributed by atoms with Crippen LogP contribution in [0.1, 0.15) is 41.0 Å². The Balaban J connectivity index is 0. The van der Waals surface area contributed by atoms with Crippen LogP contribution in [-0.2, 0) is 10.8 Å². The Morgan fingerprint density at radius 1 is 1.25 bits per heavy atom. The Hall–Kier alpha value is -0.110. The lowest BCUT2D eigenvalue weighted by Crippen LogP contribution is -2.06. The summed E-state index contributed by atoms with van der Waals surface area (Å²) in [5.41, 5.74) is 1.39. The van der Waals surface area contributed by atoms with E-state index in [2.05, 4.69) is 13.0 Å². The lowest BCUT2D eigenvalue weighted by Gasteiger charge is -2.06. The highest BCUT2D eigenvalue weighted by Gasteiger charge is 2.03. The van der Waals surface area contributed by atoms with Crippen LogP contribution in [0.5, 0.6) is 0 Å². The highest BCUT2D eigenvalue weighted by molar-refractivity contribution is 7.85. The molecular weight excluding hydrogens is 168 g/mol.